The van der Waals surface area contributed by atoms with Gasteiger partial charge in [0.2, 0.25) is 5.95 Å². The van der Waals surface area contributed by atoms with E-state index in [4.69, 9.17) is 0 Å². The highest BCUT2D eigenvalue weighted by molar-refractivity contribution is 8.18. The molecule has 0 radical (unpaired) electrons. The lowest BCUT2D eigenvalue weighted by Gasteiger charge is -2.32. The molecule has 3 aromatic rings. The molecule has 2 aliphatic heterocycles. The predicted octanol–water partition coefficient (Wildman–Crippen LogP) is 4.67. The van der Waals surface area contributed by atoms with Gasteiger partial charge in [-0.05, 0) is 83.2 Å². The monoisotopic (exact) mass is 509 g/mol. The van der Waals surface area contributed by atoms with Crippen LogP contribution >= 0.6 is 23.1 Å². The maximum atomic E-state index is 14.5. The summed E-state index contributed by atoms with van der Waals surface area (Å²) in [5.41, 5.74) is 3.30. The summed E-state index contributed by atoms with van der Waals surface area (Å²) in [5, 5.41) is 9.39. The van der Waals surface area contributed by atoms with Crippen molar-refractivity contribution in [3.8, 4) is 11.1 Å². The molecule has 0 spiro atoms. The fourth-order valence-electron chi connectivity index (χ4n) is 4.31. The first kappa shape index (κ1) is 23.7. The zero-order chi connectivity index (χ0) is 24.2. The van der Waals surface area contributed by atoms with E-state index in [1.165, 1.54) is 6.07 Å². The van der Waals surface area contributed by atoms with Crippen molar-refractivity contribution in [3.63, 3.8) is 0 Å². The van der Waals surface area contributed by atoms with E-state index in [-0.39, 0.29) is 11.1 Å². The summed E-state index contributed by atoms with van der Waals surface area (Å²) in [6.45, 7) is 2.95. The number of anilines is 1. The number of nitrogens with one attached hydrogen (secondary N) is 2. The third kappa shape index (κ3) is 5.61. The van der Waals surface area contributed by atoms with Gasteiger partial charge in [0.05, 0.1) is 10.6 Å². The van der Waals surface area contributed by atoms with E-state index >= 15 is 0 Å². The van der Waals surface area contributed by atoms with Gasteiger partial charge < -0.3 is 10.2 Å². The lowest BCUT2D eigenvalue weighted by molar-refractivity contribution is -0.115. The van der Waals surface area contributed by atoms with Gasteiger partial charge >= 0.3 is 0 Å². The van der Waals surface area contributed by atoms with Crippen molar-refractivity contribution >= 4 is 46.3 Å². The number of nitrogens with zero attached hydrogens (tertiary/aromatic N) is 3. The highest BCUT2D eigenvalue weighted by atomic mass is 32.2. The highest BCUT2D eigenvalue weighted by Gasteiger charge is 2.26. The molecule has 2 saturated heterocycles. The first-order chi connectivity index (χ1) is 17.1. The predicted molar refractivity (Wildman–Crippen MR) is 137 cm³/mol. The van der Waals surface area contributed by atoms with E-state index in [2.05, 4.69) is 25.5 Å². The van der Waals surface area contributed by atoms with Crippen molar-refractivity contribution < 1.29 is 14.0 Å². The molecule has 35 heavy (non-hydrogen) atoms. The van der Waals surface area contributed by atoms with E-state index in [1.807, 2.05) is 22.9 Å². The van der Waals surface area contributed by atoms with Crippen molar-refractivity contribution in [2.45, 2.75) is 19.4 Å². The molecular formula is C25H24FN5O2S2. The van der Waals surface area contributed by atoms with Crippen molar-refractivity contribution in [2.24, 2.45) is 5.92 Å². The van der Waals surface area contributed by atoms with E-state index in [9.17, 15) is 14.0 Å². The number of hydrogen-bond acceptors (Lipinski definition) is 8. The lowest BCUT2D eigenvalue weighted by atomic mass is 9.96. The van der Waals surface area contributed by atoms with Crippen LogP contribution in [0.2, 0.25) is 0 Å². The van der Waals surface area contributed by atoms with E-state index in [1.54, 1.807) is 35.7 Å². The van der Waals surface area contributed by atoms with Gasteiger partial charge in [-0.3, -0.25) is 14.9 Å². The van der Waals surface area contributed by atoms with Crippen molar-refractivity contribution in [2.75, 3.05) is 24.5 Å². The van der Waals surface area contributed by atoms with Crippen LogP contribution in [0.4, 0.5) is 15.1 Å². The topological polar surface area (TPSA) is 87.2 Å². The fraction of sp³-hybridized carbons (Fsp3) is 0.280. The average Bonchev–Trinajstić information content (AvgIpc) is 3.50. The Morgan fingerprint density at radius 2 is 2.06 bits per heavy atom. The number of thiophene rings is 1. The summed E-state index contributed by atoms with van der Waals surface area (Å²) in [6, 6.07) is 8.99. The summed E-state index contributed by atoms with van der Waals surface area (Å²) in [4.78, 5) is 34.6. The molecule has 2 amide bonds. The third-order valence-corrected chi connectivity index (χ3v) is 7.66. The maximum absolute atomic E-state index is 14.5. The van der Waals surface area contributed by atoms with Crippen LogP contribution < -0.4 is 15.5 Å². The van der Waals surface area contributed by atoms with Crippen molar-refractivity contribution in [1.82, 2.24) is 20.6 Å². The van der Waals surface area contributed by atoms with Gasteiger partial charge in [0.15, 0.2) is 0 Å². The summed E-state index contributed by atoms with van der Waals surface area (Å²) >= 11 is 2.48. The standard InChI is InChI=1S/C25H24FN5O2S2/c26-21-3-1-2-19(17-7-11-34-15-17)20(21)14-27-13-16-5-9-31(10-6-16)24-28-8-4-18(29-24)12-22-23(32)30-25(33)35-22/h1-4,7-8,11-12,15-16,27H,5-6,9-10,13-14H2,(H,30,32,33)/b22-12+. The number of aromatic nitrogens is 2. The zero-order valence-electron chi connectivity index (χ0n) is 18.9. The molecule has 2 aliphatic rings. The van der Waals surface area contributed by atoms with Gasteiger partial charge in [-0.2, -0.15) is 11.3 Å². The van der Waals surface area contributed by atoms with Gasteiger partial charge in [0, 0.05) is 31.4 Å². The third-order valence-electron chi connectivity index (χ3n) is 6.17. The van der Waals surface area contributed by atoms with E-state index in [0.29, 0.717) is 34.6 Å². The van der Waals surface area contributed by atoms with Crippen LogP contribution in [0.25, 0.3) is 17.2 Å². The molecule has 5 rings (SSSR count). The Morgan fingerprint density at radius 1 is 1.20 bits per heavy atom. The number of amides is 2. The van der Waals surface area contributed by atoms with Crippen LogP contribution in [0.3, 0.4) is 0 Å². The molecule has 2 fully saturated rings. The second-order valence-corrected chi connectivity index (χ2v) is 10.3. The van der Waals surface area contributed by atoms with Crippen LogP contribution in [0.15, 0.2) is 52.2 Å². The normalized spacial score (nSPS) is 17.9. The number of rotatable bonds is 7. The SMILES string of the molecule is O=C1NC(=O)/C(=C\c2ccnc(N3CCC(CNCc4c(F)cccc4-c4ccsc4)CC3)n2)S1. The first-order valence-corrected chi connectivity index (χ1v) is 13.2. The van der Waals surface area contributed by atoms with Gasteiger partial charge in [-0.1, -0.05) is 12.1 Å². The number of carbonyl (C=O) groups is 2. The van der Waals surface area contributed by atoms with Crippen LogP contribution in [-0.4, -0.2) is 40.7 Å². The largest absolute Gasteiger partial charge is 0.341 e. The number of thioether (sulfide) groups is 1. The van der Waals surface area contributed by atoms with Gasteiger partial charge in [0.25, 0.3) is 11.1 Å². The Morgan fingerprint density at radius 3 is 2.80 bits per heavy atom. The fourth-order valence-corrected chi connectivity index (χ4v) is 5.64. The van der Waals surface area contributed by atoms with Gasteiger partial charge in [-0.25, -0.2) is 14.4 Å². The summed E-state index contributed by atoms with van der Waals surface area (Å²) in [5.74, 6) is 0.525. The highest BCUT2D eigenvalue weighted by Crippen LogP contribution is 2.28. The lowest BCUT2D eigenvalue weighted by Crippen LogP contribution is -2.38. The Kier molecular flexibility index (Phi) is 7.21. The molecule has 0 saturated carbocycles. The second-order valence-electron chi connectivity index (χ2n) is 8.47. The zero-order valence-corrected chi connectivity index (χ0v) is 20.5. The molecule has 0 bridgehead atoms. The molecule has 4 heterocycles. The Labute approximate surface area is 210 Å². The molecule has 0 atom stereocenters. The maximum Gasteiger partial charge on any atom is 0.290 e. The minimum Gasteiger partial charge on any atom is -0.341 e. The van der Waals surface area contributed by atoms with Gasteiger partial charge in [-0.15, -0.1) is 0 Å². The molecule has 7 nitrogen and oxygen atoms in total. The number of halogens is 1. The molecule has 0 unspecified atom stereocenters. The molecule has 180 valence electrons. The number of piperidine rings is 1. The average molecular weight is 510 g/mol. The van der Waals surface area contributed by atoms with Crippen molar-refractivity contribution in [1.29, 1.82) is 0 Å². The quantitative estimate of drug-likeness (QED) is 0.448. The number of carbonyl (C=O) groups excluding carboxylic acids is 2. The summed E-state index contributed by atoms with van der Waals surface area (Å²) in [6.07, 6.45) is 5.23. The van der Waals surface area contributed by atoms with Crippen LogP contribution in [0.1, 0.15) is 24.1 Å². The molecule has 10 heteroatoms. The molecule has 1 aromatic carbocycles. The number of hydrogen-bond donors (Lipinski definition) is 2. The van der Waals surface area contributed by atoms with Crippen LogP contribution in [-0.2, 0) is 11.3 Å². The number of benzene rings is 1. The molecule has 0 aliphatic carbocycles. The smallest absolute Gasteiger partial charge is 0.290 e. The second kappa shape index (κ2) is 10.7. The Hall–Kier alpha value is -3.08. The Balaban J connectivity index is 1.15. The minimum absolute atomic E-state index is 0.180. The minimum atomic E-state index is -0.397. The molecule has 2 N–H and O–H groups in total. The summed E-state index contributed by atoms with van der Waals surface area (Å²) in [7, 11) is 0. The first-order valence-electron chi connectivity index (χ1n) is 11.4. The van der Waals surface area contributed by atoms with Crippen molar-refractivity contribution in [3.05, 3.63) is 69.3 Å². The van der Waals surface area contributed by atoms with E-state index < -0.39 is 5.91 Å². The van der Waals surface area contributed by atoms with Crippen LogP contribution in [0, 0.1) is 11.7 Å². The summed E-state index contributed by atoms with van der Waals surface area (Å²) < 4.78 is 14.5. The Bertz CT molecular complexity index is 1260. The number of imide groups is 1. The van der Waals surface area contributed by atoms with E-state index in [0.717, 1.165) is 55.4 Å². The van der Waals surface area contributed by atoms with Gasteiger partial charge in [0.1, 0.15) is 5.82 Å². The van der Waals surface area contributed by atoms with Crippen LogP contribution in [0.5, 0.6) is 0 Å². The molecule has 2 aromatic heterocycles. The molecular weight excluding hydrogens is 485 g/mol.